The SMILES string of the molecule is CCc1c(C(=O)N2CCN(Cc3ccc(OC)c(OC)c3OC)CC2)cnn1-c1cccc(C)c1. The van der Waals surface area contributed by atoms with E-state index in [1.807, 2.05) is 33.8 Å². The van der Waals surface area contributed by atoms with Crippen LogP contribution >= 0.6 is 0 Å². The maximum Gasteiger partial charge on any atom is 0.257 e. The van der Waals surface area contributed by atoms with E-state index in [0.29, 0.717) is 42.4 Å². The maximum atomic E-state index is 13.4. The molecular formula is C27H34N4O4. The second-order valence-corrected chi connectivity index (χ2v) is 8.67. The largest absolute Gasteiger partial charge is 0.493 e. The number of carbonyl (C=O) groups is 1. The van der Waals surface area contributed by atoms with Gasteiger partial charge in [-0.1, -0.05) is 25.1 Å². The van der Waals surface area contributed by atoms with Gasteiger partial charge in [-0.05, 0) is 37.1 Å². The summed E-state index contributed by atoms with van der Waals surface area (Å²) in [7, 11) is 4.86. The molecule has 1 amide bonds. The highest BCUT2D eigenvalue weighted by Crippen LogP contribution is 2.40. The number of carbonyl (C=O) groups excluding carboxylic acids is 1. The van der Waals surface area contributed by atoms with Crippen LogP contribution < -0.4 is 14.2 Å². The average molecular weight is 479 g/mol. The number of nitrogens with zero attached hydrogens (tertiary/aromatic N) is 4. The van der Waals surface area contributed by atoms with Gasteiger partial charge in [-0.15, -0.1) is 0 Å². The first-order valence-corrected chi connectivity index (χ1v) is 11.9. The van der Waals surface area contributed by atoms with Crippen LogP contribution in [0.2, 0.25) is 0 Å². The molecular weight excluding hydrogens is 444 g/mol. The van der Waals surface area contributed by atoms with E-state index >= 15 is 0 Å². The standard InChI is InChI=1S/C27H34N4O4/c1-6-23-22(17-28-31(23)21-9-7-8-19(2)16-21)27(32)30-14-12-29(13-15-30)18-20-10-11-24(33-3)26(35-5)25(20)34-4/h7-11,16-17H,6,12-15,18H2,1-5H3. The van der Waals surface area contributed by atoms with Crippen LogP contribution in [0.1, 0.15) is 34.1 Å². The zero-order chi connectivity index (χ0) is 24.9. The lowest BCUT2D eigenvalue weighted by atomic mass is 10.1. The molecule has 186 valence electrons. The molecule has 35 heavy (non-hydrogen) atoms. The monoisotopic (exact) mass is 478 g/mol. The molecule has 0 aliphatic carbocycles. The van der Waals surface area contributed by atoms with Gasteiger partial charge in [-0.25, -0.2) is 4.68 Å². The minimum Gasteiger partial charge on any atom is -0.493 e. The number of aromatic nitrogens is 2. The first kappa shape index (κ1) is 24.6. The molecule has 2 heterocycles. The van der Waals surface area contributed by atoms with Crippen LogP contribution in [-0.2, 0) is 13.0 Å². The van der Waals surface area contributed by atoms with Crippen LogP contribution in [0.3, 0.4) is 0 Å². The van der Waals surface area contributed by atoms with Crippen molar-refractivity contribution in [3.8, 4) is 22.9 Å². The summed E-state index contributed by atoms with van der Waals surface area (Å²) < 4.78 is 18.4. The van der Waals surface area contributed by atoms with Crippen LogP contribution in [0.25, 0.3) is 5.69 Å². The van der Waals surface area contributed by atoms with Crippen molar-refractivity contribution in [3.05, 3.63) is 65.0 Å². The van der Waals surface area contributed by atoms with Gasteiger partial charge in [0.05, 0.1) is 44.5 Å². The highest BCUT2D eigenvalue weighted by Gasteiger charge is 2.27. The van der Waals surface area contributed by atoms with Gasteiger partial charge in [-0.3, -0.25) is 9.69 Å². The quantitative estimate of drug-likeness (QED) is 0.492. The minimum atomic E-state index is 0.0455. The van der Waals surface area contributed by atoms with Crippen molar-refractivity contribution in [1.82, 2.24) is 19.6 Å². The summed E-state index contributed by atoms with van der Waals surface area (Å²) in [5.41, 5.74) is 4.80. The molecule has 8 heteroatoms. The molecule has 1 fully saturated rings. The maximum absolute atomic E-state index is 13.4. The lowest BCUT2D eigenvalue weighted by Gasteiger charge is -2.35. The summed E-state index contributed by atoms with van der Waals surface area (Å²) >= 11 is 0. The van der Waals surface area contributed by atoms with Crippen LogP contribution in [0, 0.1) is 6.92 Å². The highest BCUT2D eigenvalue weighted by molar-refractivity contribution is 5.95. The molecule has 0 saturated carbocycles. The van der Waals surface area contributed by atoms with Crippen molar-refractivity contribution in [1.29, 1.82) is 0 Å². The molecule has 1 aliphatic rings. The number of hydrogen-bond donors (Lipinski definition) is 0. The fourth-order valence-corrected chi connectivity index (χ4v) is 4.68. The molecule has 4 rings (SSSR count). The number of hydrogen-bond acceptors (Lipinski definition) is 6. The summed E-state index contributed by atoms with van der Waals surface area (Å²) in [6.45, 7) is 7.70. The van der Waals surface area contributed by atoms with Crippen molar-refractivity contribution < 1.29 is 19.0 Å². The number of piperazine rings is 1. The normalized spacial score (nSPS) is 14.1. The van der Waals surface area contributed by atoms with E-state index < -0.39 is 0 Å². The minimum absolute atomic E-state index is 0.0455. The van der Waals surface area contributed by atoms with Crippen LogP contribution in [0.15, 0.2) is 42.6 Å². The molecule has 0 unspecified atom stereocenters. The Hall–Kier alpha value is -3.52. The second-order valence-electron chi connectivity index (χ2n) is 8.67. The molecule has 0 radical (unpaired) electrons. The van der Waals surface area contributed by atoms with E-state index in [2.05, 4.69) is 36.0 Å². The molecule has 2 aromatic carbocycles. The second kappa shape index (κ2) is 10.8. The molecule has 1 aliphatic heterocycles. The number of benzene rings is 2. The third-order valence-corrected chi connectivity index (χ3v) is 6.52. The van der Waals surface area contributed by atoms with Crippen LogP contribution in [0.4, 0.5) is 0 Å². The van der Waals surface area contributed by atoms with Crippen LogP contribution in [-0.4, -0.2) is 73.0 Å². The van der Waals surface area contributed by atoms with Gasteiger partial charge in [0.1, 0.15) is 0 Å². The van der Waals surface area contributed by atoms with Gasteiger partial charge < -0.3 is 19.1 Å². The predicted octanol–water partition coefficient (Wildman–Crippen LogP) is 3.73. The Morgan fingerprint density at radius 1 is 0.971 bits per heavy atom. The molecule has 0 atom stereocenters. The van der Waals surface area contributed by atoms with Gasteiger partial charge in [0.15, 0.2) is 11.5 Å². The summed E-state index contributed by atoms with van der Waals surface area (Å²) in [6.07, 6.45) is 2.44. The van der Waals surface area contributed by atoms with E-state index in [9.17, 15) is 4.79 Å². The van der Waals surface area contributed by atoms with Gasteiger partial charge in [0.25, 0.3) is 5.91 Å². The Morgan fingerprint density at radius 3 is 2.34 bits per heavy atom. The number of aryl methyl sites for hydroxylation is 1. The smallest absolute Gasteiger partial charge is 0.257 e. The first-order chi connectivity index (χ1) is 17.0. The highest BCUT2D eigenvalue weighted by atomic mass is 16.5. The van der Waals surface area contributed by atoms with Crippen molar-refractivity contribution in [3.63, 3.8) is 0 Å². The summed E-state index contributed by atoms with van der Waals surface area (Å²) in [5.74, 6) is 1.96. The predicted molar refractivity (Wildman–Crippen MR) is 135 cm³/mol. The first-order valence-electron chi connectivity index (χ1n) is 11.9. The zero-order valence-electron chi connectivity index (χ0n) is 21.2. The van der Waals surface area contributed by atoms with Crippen molar-refractivity contribution >= 4 is 5.91 Å². The van der Waals surface area contributed by atoms with E-state index in [-0.39, 0.29) is 5.91 Å². The lowest BCUT2D eigenvalue weighted by molar-refractivity contribution is 0.0626. The Balaban J connectivity index is 1.45. The number of ether oxygens (including phenoxy) is 3. The topological polar surface area (TPSA) is 69.1 Å². The van der Waals surface area contributed by atoms with E-state index in [1.54, 1.807) is 27.5 Å². The third-order valence-electron chi connectivity index (χ3n) is 6.52. The van der Waals surface area contributed by atoms with Gasteiger partial charge in [0, 0.05) is 38.3 Å². The molecule has 0 N–H and O–H groups in total. The Bertz CT molecular complexity index is 1180. The van der Waals surface area contributed by atoms with Crippen molar-refractivity contribution in [2.75, 3.05) is 47.5 Å². The zero-order valence-corrected chi connectivity index (χ0v) is 21.2. The van der Waals surface area contributed by atoms with Gasteiger partial charge in [0.2, 0.25) is 5.75 Å². The van der Waals surface area contributed by atoms with Crippen molar-refractivity contribution in [2.24, 2.45) is 0 Å². The van der Waals surface area contributed by atoms with Crippen molar-refractivity contribution in [2.45, 2.75) is 26.8 Å². The summed E-state index contributed by atoms with van der Waals surface area (Å²) in [4.78, 5) is 17.7. The van der Waals surface area contributed by atoms with Crippen LogP contribution in [0.5, 0.6) is 17.2 Å². The van der Waals surface area contributed by atoms with Gasteiger partial charge >= 0.3 is 0 Å². The van der Waals surface area contributed by atoms with E-state index in [0.717, 1.165) is 42.0 Å². The average Bonchev–Trinajstić information content (AvgIpc) is 3.32. The number of rotatable bonds is 8. The third kappa shape index (κ3) is 4.98. The Kier molecular flexibility index (Phi) is 7.60. The van der Waals surface area contributed by atoms with Gasteiger partial charge in [-0.2, -0.15) is 5.10 Å². The fourth-order valence-electron chi connectivity index (χ4n) is 4.68. The summed E-state index contributed by atoms with van der Waals surface area (Å²) in [6, 6.07) is 12.1. The molecule has 0 bridgehead atoms. The lowest BCUT2D eigenvalue weighted by Crippen LogP contribution is -2.48. The van der Waals surface area contributed by atoms with E-state index in [4.69, 9.17) is 14.2 Å². The Labute approximate surface area is 207 Å². The molecule has 0 spiro atoms. The summed E-state index contributed by atoms with van der Waals surface area (Å²) in [5, 5.41) is 4.56. The number of amides is 1. The van der Waals surface area contributed by atoms with E-state index in [1.165, 1.54) is 0 Å². The fraction of sp³-hybridized carbons (Fsp3) is 0.407. The molecule has 1 aromatic heterocycles. The molecule has 1 saturated heterocycles. The number of methoxy groups -OCH3 is 3. The molecule has 3 aromatic rings. The Morgan fingerprint density at radius 2 is 1.71 bits per heavy atom. The molecule has 8 nitrogen and oxygen atoms in total.